The van der Waals surface area contributed by atoms with Crippen LogP contribution in [0.3, 0.4) is 0 Å². The lowest BCUT2D eigenvalue weighted by Crippen LogP contribution is -2.52. The van der Waals surface area contributed by atoms with Crippen molar-refractivity contribution < 1.29 is 19.2 Å². The van der Waals surface area contributed by atoms with Gasteiger partial charge in [0.25, 0.3) is 5.91 Å². The van der Waals surface area contributed by atoms with Crippen molar-refractivity contribution in [3.8, 4) is 11.3 Å². The molecule has 2 aliphatic heterocycles. The Morgan fingerprint density at radius 3 is 2.59 bits per heavy atom. The molecule has 8 heteroatoms. The minimum atomic E-state index is -0.657. The van der Waals surface area contributed by atoms with Gasteiger partial charge in [-0.05, 0) is 54.2 Å². The van der Waals surface area contributed by atoms with Gasteiger partial charge in [0, 0.05) is 29.5 Å². The number of aromatic nitrogens is 1. The van der Waals surface area contributed by atoms with Gasteiger partial charge in [0.05, 0.1) is 16.8 Å². The van der Waals surface area contributed by atoms with Gasteiger partial charge in [-0.2, -0.15) is 0 Å². The third kappa shape index (κ3) is 4.24. The van der Waals surface area contributed by atoms with E-state index in [1.807, 2.05) is 67.6 Å². The molecule has 3 N–H and O–H groups in total. The topological polar surface area (TPSA) is 122 Å². The first-order valence-corrected chi connectivity index (χ1v) is 12.9. The van der Waals surface area contributed by atoms with Crippen LogP contribution in [0, 0.1) is 6.92 Å². The molecule has 39 heavy (non-hydrogen) atoms. The highest BCUT2D eigenvalue weighted by Gasteiger charge is 2.39. The number of fused-ring (bicyclic) bond motifs is 2. The van der Waals surface area contributed by atoms with Gasteiger partial charge in [-0.3, -0.25) is 24.5 Å². The van der Waals surface area contributed by atoms with Crippen LogP contribution in [0.25, 0.3) is 22.2 Å². The Morgan fingerprint density at radius 2 is 1.85 bits per heavy atom. The zero-order valence-electron chi connectivity index (χ0n) is 21.4. The molecule has 3 aromatic carbocycles. The van der Waals surface area contributed by atoms with E-state index >= 15 is 0 Å². The lowest BCUT2D eigenvalue weighted by atomic mass is 9.91. The molecule has 0 radical (unpaired) electrons. The minimum Gasteiger partial charge on any atom is -0.366 e. The highest BCUT2D eigenvalue weighted by Crippen LogP contribution is 2.33. The number of rotatable bonds is 5. The molecule has 1 atom stereocenters. The van der Waals surface area contributed by atoms with E-state index in [1.54, 1.807) is 6.07 Å². The minimum absolute atomic E-state index is 0.208. The van der Waals surface area contributed by atoms with E-state index in [2.05, 4.69) is 5.32 Å². The third-order valence-corrected chi connectivity index (χ3v) is 7.62. The largest absolute Gasteiger partial charge is 0.366 e. The smallest absolute Gasteiger partial charge is 0.255 e. The standard InChI is InChI=1S/C31H26N4O4/c1-17-26(29(32)37)27-20(8-5-9-23(27)33-28(17)19-6-3-2-4-7-19)14-18-10-11-22-21(15-18)16-35(31(22)39)24-12-13-25(36)34-30(24)38/h2-11,15,24H,12-14,16H2,1H3,(H2,32,37)(H,34,36,38). The number of nitrogens with one attached hydrogen (secondary N) is 1. The van der Waals surface area contributed by atoms with Crippen molar-refractivity contribution in [2.45, 2.75) is 38.8 Å². The van der Waals surface area contributed by atoms with E-state index in [1.165, 1.54) is 4.90 Å². The SMILES string of the molecule is Cc1c(-c2ccccc2)nc2cccc(Cc3ccc4c(c3)CN(C3CCC(=O)NC3=O)C4=O)c2c1C(N)=O. The van der Waals surface area contributed by atoms with Gasteiger partial charge in [-0.1, -0.05) is 54.6 Å². The number of carbonyl (C=O) groups is 4. The summed E-state index contributed by atoms with van der Waals surface area (Å²) >= 11 is 0. The number of amides is 4. The molecule has 2 aliphatic rings. The van der Waals surface area contributed by atoms with E-state index in [9.17, 15) is 19.2 Å². The van der Waals surface area contributed by atoms with Gasteiger partial charge in [0.15, 0.2) is 0 Å². The van der Waals surface area contributed by atoms with Crippen LogP contribution in [0.15, 0.2) is 66.7 Å². The second-order valence-corrected chi connectivity index (χ2v) is 10.1. The lowest BCUT2D eigenvalue weighted by molar-refractivity contribution is -0.136. The average Bonchev–Trinajstić information content (AvgIpc) is 3.24. The number of nitrogens with two attached hydrogens (primary N) is 1. The molecule has 0 spiro atoms. The lowest BCUT2D eigenvalue weighted by Gasteiger charge is -2.29. The molecule has 1 unspecified atom stereocenters. The Morgan fingerprint density at radius 1 is 1.05 bits per heavy atom. The number of nitrogens with zero attached hydrogens (tertiary/aromatic N) is 2. The van der Waals surface area contributed by atoms with E-state index in [4.69, 9.17) is 10.7 Å². The van der Waals surface area contributed by atoms with Crippen LogP contribution in [0.4, 0.5) is 0 Å². The molecule has 4 amide bonds. The summed E-state index contributed by atoms with van der Waals surface area (Å²) in [5, 5.41) is 3.06. The maximum absolute atomic E-state index is 13.1. The van der Waals surface area contributed by atoms with E-state index in [-0.39, 0.29) is 18.2 Å². The summed E-state index contributed by atoms with van der Waals surface area (Å²) in [6, 6.07) is 20.5. The summed E-state index contributed by atoms with van der Waals surface area (Å²) in [5.74, 6) is -1.46. The van der Waals surface area contributed by atoms with Crippen molar-refractivity contribution in [3.05, 3.63) is 100 Å². The number of primary amides is 1. The van der Waals surface area contributed by atoms with Crippen molar-refractivity contribution in [1.29, 1.82) is 0 Å². The van der Waals surface area contributed by atoms with Gasteiger partial charge in [0.1, 0.15) is 6.04 Å². The molecule has 1 fully saturated rings. The molecule has 1 aromatic heterocycles. The van der Waals surface area contributed by atoms with Crippen LogP contribution in [-0.4, -0.2) is 39.6 Å². The van der Waals surface area contributed by atoms with E-state index in [0.717, 1.165) is 38.9 Å². The zero-order chi connectivity index (χ0) is 27.3. The summed E-state index contributed by atoms with van der Waals surface area (Å²) in [6.07, 6.45) is 1.04. The maximum Gasteiger partial charge on any atom is 0.255 e. The summed E-state index contributed by atoms with van der Waals surface area (Å²) < 4.78 is 0. The second kappa shape index (κ2) is 9.47. The van der Waals surface area contributed by atoms with Crippen molar-refractivity contribution in [2.24, 2.45) is 5.73 Å². The molecule has 3 heterocycles. The molecule has 1 saturated heterocycles. The molecule has 8 nitrogen and oxygen atoms in total. The summed E-state index contributed by atoms with van der Waals surface area (Å²) in [4.78, 5) is 56.2. The summed E-state index contributed by atoms with van der Waals surface area (Å²) in [6.45, 7) is 2.17. The predicted molar refractivity (Wildman–Crippen MR) is 146 cm³/mol. The maximum atomic E-state index is 13.1. The Bertz CT molecular complexity index is 1700. The fourth-order valence-electron chi connectivity index (χ4n) is 5.77. The molecule has 0 bridgehead atoms. The highest BCUT2D eigenvalue weighted by atomic mass is 16.2. The number of pyridine rings is 1. The van der Waals surface area contributed by atoms with Crippen molar-refractivity contribution in [1.82, 2.24) is 15.2 Å². The van der Waals surface area contributed by atoms with Crippen molar-refractivity contribution >= 4 is 34.5 Å². The number of imide groups is 1. The third-order valence-electron chi connectivity index (χ3n) is 7.62. The van der Waals surface area contributed by atoms with Crippen LogP contribution in [0.1, 0.15) is 55.8 Å². The van der Waals surface area contributed by atoms with Gasteiger partial charge in [-0.15, -0.1) is 0 Å². The second-order valence-electron chi connectivity index (χ2n) is 10.1. The Balaban J connectivity index is 1.36. The molecule has 0 saturated carbocycles. The molecule has 4 aromatic rings. The molecule has 6 rings (SSSR count). The number of hydrogen-bond donors (Lipinski definition) is 2. The number of piperidine rings is 1. The monoisotopic (exact) mass is 518 g/mol. The van der Waals surface area contributed by atoms with Crippen molar-refractivity contribution in [3.63, 3.8) is 0 Å². The van der Waals surface area contributed by atoms with Crippen LogP contribution >= 0.6 is 0 Å². The molecule has 0 aliphatic carbocycles. The van der Waals surface area contributed by atoms with E-state index in [0.29, 0.717) is 36.0 Å². The van der Waals surface area contributed by atoms with Crippen LogP contribution in [-0.2, 0) is 22.6 Å². The van der Waals surface area contributed by atoms with Crippen LogP contribution in [0.2, 0.25) is 0 Å². The number of carbonyl (C=O) groups excluding carboxylic acids is 4. The summed E-state index contributed by atoms with van der Waals surface area (Å²) in [7, 11) is 0. The highest BCUT2D eigenvalue weighted by molar-refractivity contribution is 6.09. The molecular formula is C31H26N4O4. The first kappa shape index (κ1) is 24.5. The van der Waals surface area contributed by atoms with E-state index < -0.39 is 17.9 Å². The Kier molecular flexibility index (Phi) is 5.95. The number of hydrogen-bond acceptors (Lipinski definition) is 5. The van der Waals surface area contributed by atoms with Crippen LogP contribution in [0.5, 0.6) is 0 Å². The fourth-order valence-corrected chi connectivity index (χ4v) is 5.77. The number of benzene rings is 3. The Hall–Kier alpha value is -4.85. The zero-order valence-corrected chi connectivity index (χ0v) is 21.4. The molecule has 194 valence electrons. The van der Waals surface area contributed by atoms with Gasteiger partial charge >= 0.3 is 0 Å². The Labute approximate surface area is 224 Å². The summed E-state index contributed by atoms with van der Waals surface area (Å²) in [5.41, 5.74) is 12.7. The fraction of sp³-hybridized carbons (Fsp3) is 0.194. The van der Waals surface area contributed by atoms with Crippen LogP contribution < -0.4 is 11.1 Å². The first-order chi connectivity index (χ1) is 18.8. The van der Waals surface area contributed by atoms with Crippen molar-refractivity contribution in [2.75, 3.05) is 0 Å². The van der Waals surface area contributed by atoms with Gasteiger partial charge in [-0.25, -0.2) is 4.98 Å². The molecular weight excluding hydrogens is 492 g/mol. The van der Waals surface area contributed by atoms with Gasteiger partial charge < -0.3 is 10.6 Å². The average molecular weight is 519 g/mol. The normalized spacial score (nSPS) is 16.9. The quantitative estimate of drug-likeness (QED) is 0.391. The first-order valence-electron chi connectivity index (χ1n) is 12.9. The van der Waals surface area contributed by atoms with Gasteiger partial charge in [0.2, 0.25) is 17.7 Å². The predicted octanol–water partition coefficient (Wildman–Crippen LogP) is 3.66.